The normalized spacial score (nSPS) is 18.0. The molecule has 74 valence electrons. The first-order chi connectivity index (χ1) is 5.56. The lowest BCUT2D eigenvalue weighted by Crippen LogP contribution is -2.30. The summed E-state index contributed by atoms with van der Waals surface area (Å²) >= 11 is 0. The molecule has 0 aliphatic carbocycles. The molecule has 0 amide bonds. The molecule has 0 radical (unpaired) electrons. The van der Waals surface area contributed by atoms with Crippen molar-refractivity contribution in [3.05, 3.63) is 0 Å². The lowest BCUT2D eigenvalue weighted by molar-refractivity contribution is 0.0397. The zero-order valence-electron chi connectivity index (χ0n) is 8.64. The first kappa shape index (κ1) is 11.9. The van der Waals surface area contributed by atoms with E-state index in [0.29, 0.717) is 0 Å². The van der Waals surface area contributed by atoms with Crippen molar-refractivity contribution < 1.29 is 9.47 Å². The summed E-state index contributed by atoms with van der Waals surface area (Å²) in [5, 5.41) is 3.16. The van der Waals surface area contributed by atoms with Gasteiger partial charge in [0.2, 0.25) is 0 Å². The van der Waals surface area contributed by atoms with Crippen LogP contribution in [-0.2, 0) is 9.47 Å². The van der Waals surface area contributed by atoms with E-state index in [1.54, 1.807) is 7.11 Å². The predicted molar refractivity (Wildman–Crippen MR) is 50.5 cm³/mol. The first-order valence-corrected chi connectivity index (χ1v) is 4.40. The Morgan fingerprint density at radius 2 is 1.58 bits per heavy atom. The molecule has 0 atom stereocenters. The number of nitrogens with one attached hydrogen (secondary N) is 1. The van der Waals surface area contributed by atoms with Crippen molar-refractivity contribution in [1.82, 2.24) is 5.32 Å². The molecule has 1 N–H and O–H groups in total. The number of hydrogen-bond donors (Lipinski definition) is 1. The molecule has 3 heteroatoms. The van der Waals surface area contributed by atoms with Crippen molar-refractivity contribution in [3.8, 4) is 0 Å². The van der Waals surface area contributed by atoms with Crippen molar-refractivity contribution in [2.45, 2.75) is 26.4 Å². The highest BCUT2D eigenvalue weighted by molar-refractivity contribution is 4.55. The van der Waals surface area contributed by atoms with E-state index in [4.69, 9.17) is 9.47 Å². The summed E-state index contributed by atoms with van der Waals surface area (Å²) in [6.07, 6.45) is 0. The van der Waals surface area contributed by atoms with Crippen LogP contribution >= 0.6 is 0 Å². The highest BCUT2D eigenvalue weighted by Crippen LogP contribution is 2.02. The third-order valence-electron chi connectivity index (χ3n) is 1.46. The Bertz CT molecular complexity index is 83.7. The van der Waals surface area contributed by atoms with E-state index in [0.717, 1.165) is 26.3 Å². The van der Waals surface area contributed by atoms with Gasteiger partial charge in [-0.15, -0.1) is 0 Å². The van der Waals surface area contributed by atoms with Gasteiger partial charge in [-0.05, 0) is 20.8 Å². The van der Waals surface area contributed by atoms with Gasteiger partial charge in [-0.25, -0.2) is 0 Å². The molecular weight excluding hydrogens is 154 g/mol. The average Bonchev–Trinajstić information content (AvgIpc) is 2.07. The Morgan fingerprint density at radius 3 is 1.67 bits per heavy atom. The van der Waals surface area contributed by atoms with E-state index in [1.807, 2.05) is 20.8 Å². The smallest absolute Gasteiger partial charge is 0.0594 e. The minimum Gasteiger partial charge on any atom is -0.379 e. The van der Waals surface area contributed by atoms with E-state index >= 15 is 0 Å². The third kappa shape index (κ3) is 9.88. The van der Waals surface area contributed by atoms with Gasteiger partial charge in [-0.1, -0.05) is 0 Å². The Balaban J connectivity index is 0.000000202. The quantitative estimate of drug-likeness (QED) is 0.596. The molecule has 1 aliphatic rings. The maximum atomic E-state index is 5.01. The van der Waals surface area contributed by atoms with Crippen LogP contribution in [0.3, 0.4) is 0 Å². The van der Waals surface area contributed by atoms with Crippen molar-refractivity contribution in [3.63, 3.8) is 0 Å². The average molecular weight is 175 g/mol. The molecule has 1 heterocycles. The van der Waals surface area contributed by atoms with E-state index in [9.17, 15) is 0 Å². The van der Waals surface area contributed by atoms with Crippen LogP contribution < -0.4 is 5.32 Å². The van der Waals surface area contributed by atoms with Crippen LogP contribution in [0.5, 0.6) is 0 Å². The standard InChI is InChI=1S/C5H12O.C4H9NO/c1-5(2,3)6-4;1-3-6-4-2-5-1/h1-4H3;5H,1-4H2. The molecule has 0 spiro atoms. The van der Waals surface area contributed by atoms with Crippen LogP contribution in [0.4, 0.5) is 0 Å². The second-order valence-corrected chi connectivity index (χ2v) is 3.68. The molecule has 1 saturated heterocycles. The summed E-state index contributed by atoms with van der Waals surface area (Å²) in [6.45, 7) is 9.90. The highest BCUT2D eigenvalue weighted by atomic mass is 16.5. The molecular formula is C9H21NO2. The second kappa shape index (κ2) is 6.40. The van der Waals surface area contributed by atoms with Crippen molar-refractivity contribution >= 4 is 0 Å². The molecule has 0 saturated carbocycles. The summed E-state index contributed by atoms with van der Waals surface area (Å²) in [4.78, 5) is 0. The van der Waals surface area contributed by atoms with Gasteiger partial charge in [-0.2, -0.15) is 0 Å². The number of methoxy groups -OCH3 is 1. The fourth-order valence-electron chi connectivity index (χ4n) is 0.516. The molecule has 0 bridgehead atoms. The zero-order valence-corrected chi connectivity index (χ0v) is 8.64. The minimum absolute atomic E-state index is 0.0417. The third-order valence-corrected chi connectivity index (χ3v) is 1.46. The van der Waals surface area contributed by atoms with Gasteiger partial charge in [-0.3, -0.25) is 0 Å². The Kier molecular flexibility index (Phi) is 6.34. The molecule has 1 rings (SSSR count). The van der Waals surface area contributed by atoms with Crippen molar-refractivity contribution in [2.75, 3.05) is 33.4 Å². The Hall–Kier alpha value is -0.120. The maximum Gasteiger partial charge on any atom is 0.0594 e. The molecule has 0 unspecified atom stereocenters. The SMILES string of the molecule is C1COCCN1.COC(C)(C)C. The zero-order chi connectivity index (χ0) is 9.45. The first-order valence-electron chi connectivity index (χ1n) is 4.40. The van der Waals surface area contributed by atoms with Gasteiger partial charge in [0.1, 0.15) is 0 Å². The van der Waals surface area contributed by atoms with Gasteiger partial charge < -0.3 is 14.8 Å². The fourth-order valence-corrected chi connectivity index (χ4v) is 0.516. The van der Waals surface area contributed by atoms with Gasteiger partial charge in [0.25, 0.3) is 0 Å². The molecule has 0 aromatic carbocycles. The Labute approximate surface area is 75.4 Å². The topological polar surface area (TPSA) is 30.5 Å². The van der Waals surface area contributed by atoms with Crippen LogP contribution in [0.2, 0.25) is 0 Å². The molecule has 1 fully saturated rings. The van der Waals surface area contributed by atoms with Crippen LogP contribution in [0.1, 0.15) is 20.8 Å². The second-order valence-electron chi connectivity index (χ2n) is 3.68. The van der Waals surface area contributed by atoms with E-state index in [1.165, 1.54) is 0 Å². The molecule has 12 heavy (non-hydrogen) atoms. The van der Waals surface area contributed by atoms with Crippen LogP contribution in [0.25, 0.3) is 0 Å². The maximum absolute atomic E-state index is 5.01. The largest absolute Gasteiger partial charge is 0.379 e. The lowest BCUT2D eigenvalue weighted by Gasteiger charge is -2.14. The monoisotopic (exact) mass is 175 g/mol. The summed E-state index contributed by atoms with van der Waals surface area (Å²) in [5.74, 6) is 0. The van der Waals surface area contributed by atoms with E-state index in [2.05, 4.69) is 5.32 Å². The minimum atomic E-state index is 0.0417. The molecule has 1 aliphatic heterocycles. The number of morpholine rings is 1. The van der Waals surface area contributed by atoms with Crippen molar-refractivity contribution in [1.29, 1.82) is 0 Å². The van der Waals surface area contributed by atoms with E-state index < -0.39 is 0 Å². The fraction of sp³-hybridized carbons (Fsp3) is 1.00. The van der Waals surface area contributed by atoms with Crippen LogP contribution in [0.15, 0.2) is 0 Å². The summed E-state index contributed by atoms with van der Waals surface area (Å²) < 4.78 is 9.94. The van der Waals surface area contributed by atoms with Crippen LogP contribution in [0, 0.1) is 0 Å². The van der Waals surface area contributed by atoms with Gasteiger partial charge in [0.15, 0.2) is 0 Å². The van der Waals surface area contributed by atoms with Gasteiger partial charge in [0, 0.05) is 20.2 Å². The van der Waals surface area contributed by atoms with E-state index in [-0.39, 0.29) is 5.60 Å². The summed E-state index contributed by atoms with van der Waals surface area (Å²) in [6, 6.07) is 0. The number of hydrogen-bond acceptors (Lipinski definition) is 3. The highest BCUT2D eigenvalue weighted by Gasteiger charge is 2.04. The number of ether oxygens (including phenoxy) is 2. The predicted octanol–water partition coefficient (Wildman–Crippen LogP) is 1.04. The molecule has 3 nitrogen and oxygen atoms in total. The molecule has 0 aromatic heterocycles. The summed E-state index contributed by atoms with van der Waals surface area (Å²) in [5.41, 5.74) is 0.0417. The van der Waals surface area contributed by atoms with Crippen LogP contribution in [-0.4, -0.2) is 39.0 Å². The number of rotatable bonds is 0. The lowest BCUT2D eigenvalue weighted by atomic mass is 10.2. The Morgan fingerprint density at radius 1 is 1.17 bits per heavy atom. The van der Waals surface area contributed by atoms with Gasteiger partial charge in [0.05, 0.1) is 18.8 Å². The van der Waals surface area contributed by atoms with Gasteiger partial charge >= 0.3 is 0 Å². The molecule has 0 aromatic rings. The van der Waals surface area contributed by atoms with Crippen molar-refractivity contribution in [2.24, 2.45) is 0 Å². The summed E-state index contributed by atoms with van der Waals surface area (Å²) in [7, 11) is 1.71.